The highest BCUT2D eigenvalue weighted by atomic mass is 127. The number of rotatable bonds is 4. The van der Waals surface area contributed by atoms with E-state index in [0.717, 1.165) is 43.5 Å². The first kappa shape index (κ1) is 21.9. The van der Waals surface area contributed by atoms with E-state index in [1.807, 2.05) is 17.9 Å². The van der Waals surface area contributed by atoms with Gasteiger partial charge in [-0.2, -0.15) is 0 Å². The first-order valence-corrected chi connectivity index (χ1v) is 9.47. The summed E-state index contributed by atoms with van der Waals surface area (Å²) >= 11 is 0. The van der Waals surface area contributed by atoms with E-state index in [4.69, 9.17) is 5.73 Å². The van der Waals surface area contributed by atoms with Crippen LogP contribution in [-0.2, 0) is 6.54 Å². The number of halogens is 2. The molecule has 0 unspecified atom stereocenters. The Morgan fingerprint density at radius 3 is 2.47 bits per heavy atom. The van der Waals surface area contributed by atoms with Crippen LogP contribution in [0.5, 0.6) is 0 Å². The number of piperazine rings is 1. The average Bonchev–Trinajstić information content (AvgIpc) is 3.18. The molecule has 0 radical (unpaired) electrons. The Labute approximate surface area is 191 Å². The van der Waals surface area contributed by atoms with Gasteiger partial charge in [0.1, 0.15) is 11.6 Å². The van der Waals surface area contributed by atoms with Gasteiger partial charge in [0.15, 0.2) is 5.96 Å². The number of anilines is 1. The third-order valence-electron chi connectivity index (χ3n) is 4.96. The summed E-state index contributed by atoms with van der Waals surface area (Å²) in [6, 6.07) is 6.90. The fraction of sp³-hybridized carbons (Fsp3) is 0.300. The third kappa shape index (κ3) is 4.86. The molecule has 2 N–H and O–H groups in total. The first-order valence-electron chi connectivity index (χ1n) is 9.47. The summed E-state index contributed by atoms with van der Waals surface area (Å²) in [5, 5.41) is 0. The fourth-order valence-corrected chi connectivity index (χ4v) is 3.34. The summed E-state index contributed by atoms with van der Waals surface area (Å²) in [6.07, 6.45) is 6.87. The molecular formula is C20H24FIN8. The van der Waals surface area contributed by atoms with Crippen molar-refractivity contribution in [3.8, 4) is 5.69 Å². The smallest absolute Gasteiger partial charge is 0.225 e. The van der Waals surface area contributed by atoms with Crippen LogP contribution in [0.15, 0.2) is 54.0 Å². The fourth-order valence-electron chi connectivity index (χ4n) is 3.34. The largest absolute Gasteiger partial charge is 0.370 e. The van der Waals surface area contributed by atoms with Crippen molar-refractivity contribution in [2.45, 2.75) is 13.5 Å². The van der Waals surface area contributed by atoms with Gasteiger partial charge in [0.25, 0.3) is 0 Å². The molecule has 1 fully saturated rings. The maximum atomic E-state index is 14.5. The molecule has 1 aromatic carbocycles. The lowest BCUT2D eigenvalue weighted by Crippen LogP contribution is -2.51. The Morgan fingerprint density at radius 1 is 1.10 bits per heavy atom. The maximum Gasteiger partial charge on any atom is 0.225 e. The van der Waals surface area contributed by atoms with E-state index < -0.39 is 0 Å². The van der Waals surface area contributed by atoms with Gasteiger partial charge in [0.2, 0.25) is 5.95 Å². The maximum absolute atomic E-state index is 14.5. The van der Waals surface area contributed by atoms with Crippen molar-refractivity contribution >= 4 is 35.9 Å². The number of benzene rings is 1. The van der Waals surface area contributed by atoms with Gasteiger partial charge in [-0.3, -0.25) is 0 Å². The number of guanidine groups is 1. The number of nitrogens with two attached hydrogens (primary N) is 1. The van der Waals surface area contributed by atoms with Crippen LogP contribution >= 0.6 is 24.0 Å². The second kappa shape index (κ2) is 9.83. The van der Waals surface area contributed by atoms with Gasteiger partial charge in [-0.1, -0.05) is 6.07 Å². The Bertz CT molecular complexity index is 999. The van der Waals surface area contributed by atoms with E-state index in [0.29, 0.717) is 18.2 Å². The molecule has 0 aliphatic carbocycles. The van der Waals surface area contributed by atoms with Crippen LogP contribution in [0.3, 0.4) is 0 Å². The van der Waals surface area contributed by atoms with Crippen molar-refractivity contribution < 1.29 is 4.39 Å². The van der Waals surface area contributed by atoms with Crippen LogP contribution < -0.4 is 10.6 Å². The van der Waals surface area contributed by atoms with E-state index in [1.165, 1.54) is 6.07 Å². The summed E-state index contributed by atoms with van der Waals surface area (Å²) in [5.74, 6) is 1.62. The van der Waals surface area contributed by atoms with Gasteiger partial charge >= 0.3 is 0 Å². The van der Waals surface area contributed by atoms with Gasteiger partial charge in [-0.05, 0) is 30.7 Å². The lowest BCUT2D eigenvalue weighted by molar-refractivity contribution is 0.378. The second-order valence-electron chi connectivity index (χ2n) is 6.83. The molecule has 2 aromatic heterocycles. The summed E-state index contributed by atoms with van der Waals surface area (Å²) in [6.45, 7) is 5.18. The summed E-state index contributed by atoms with van der Waals surface area (Å²) in [4.78, 5) is 21.3. The molecule has 0 spiro atoms. The molecule has 158 valence electrons. The Morgan fingerprint density at radius 2 is 1.83 bits per heavy atom. The van der Waals surface area contributed by atoms with Gasteiger partial charge < -0.3 is 20.1 Å². The molecular weight excluding hydrogens is 498 g/mol. The summed E-state index contributed by atoms with van der Waals surface area (Å²) in [5.41, 5.74) is 7.40. The standard InChI is InChI=1S/C20H23FN8.HI/c1-15-23-7-8-29(15)18-4-3-16(13-17(18)21)14-26-19(22)27-9-11-28(12-10-27)20-24-5-2-6-25-20;/h2-8,13H,9-12,14H2,1H3,(H2,22,26);1H. The van der Waals surface area contributed by atoms with Gasteiger partial charge in [0, 0.05) is 51.0 Å². The van der Waals surface area contributed by atoms with Crippen LogP contribution in [0.4, 0.5) is 10.3 Å². The normalized spacial score (nSPS) is 14.5. The van der Waals surface area contributed by atoms with Crippen LogP contribution in [0.25, 0.3) is 5.69 Å². The van der Waals surface area contributed by atoms with Crippen LogP contribution in [0.1, 0.15) is 11.4 Å². The van der Waals surface area contributed by atoms with E-state index in [-0.39, 0.29) is 29.8 Å². The zero-order valence-corrected chi connectivity index (χ0v) is 19.0. The summed E-state index contributed by atoms with van der Waals surface area (Å²) < 4.78 is 16.2. The minimum Gasteiger partial charge on any atom is -0.370 e. The second-order valence-corrected chi connectivity index (χ2v) is 6.83. The lowest BCUT2D eigenvalue weighted by Gasteiger charge is -2.35. The Kier molecular flexibility index (Phi) is 7.19. The molecule has 0 atom stereocenters. The molecule has 1 saturated heterocycles. The van der Waals surface area contributed by atoms with Crippen molar-refractivity contribution in [1.29, 1.82) is 0 Å². The average molecular weight is 522 g/mol. The molecule has 1 aliphatic rings. The topological polar surface area (TPSA) is 88.5 Å². The van der Waals surface area contributed by atoms with Crippen LogP contribution in [0, 0.1) is 12.7 Å². The molecule has 30 heavy (non-hydrogen) atoms. The number of nitrogens with zero attached hydrogens (tertiary/aromatic N) is 7. The highest BCUT2D eigenvalue weighted by molar-refractivity contribution is 14.0. The Hall–Kier alpha value is -2.76. The van der Waals surface area contributed by atoms with Crippen molar-refractivity contribution in [2.24, 2.45) is 10.7 Å². The SMILES string of the molecule is Cc1nccn1-c1ccc(CN=C(N)N2CCN(c3ncccn3)CC2)cc1F.I. The van der Waals surface area contributed by atoms with Crippen molar-refractivity contribution in [1.82, 2.24) is 24.4 Å². The van der Waals surface area contributed by atoms with Crippen molar-refractivity contribution in [2.75, 3.05) is 31.1 Å². The molecule has 4 rings (SSSR count). The summed E-state index contributed by atoms with van der Waals surface area (Å²) in [7, 11) is 0. The Balaban J connectivity index is 0.00000256. The van der Waals surface area contributed by atoms with Gasteiger partial charge in [-0.25, -0.2) is 24.3 Å². The minimum atomic E-state index is -0.311. The molecule has 3 heterocycles. The van der Waals surface area contributed by atoms with Crippen molar-refractivity contribution in [3.63, 3.8) is 0 Å². The zero-order valence-electron chi connectivity index (χ0n) is 16.6. The van der Waals surface area contributed by atoms with Gasteiger partial charge in [0.05, 0.1) is 12.2 Å². The third-order valence-corrected chi connectivity index (χ3v) is 4.96. The molecule has 0 saturated carbocycles. The van der Waals surface area contributed by atoms with E-state index in [2.05, 4.69) is 24.8 Å². The first-order chi connectivity index (χ1) is 14.1. The lowest BCUT2D eigenvalue weighted by atomic mass is 10.2. The zero-order chi connectivity index (χ0) is 20.2. The minimum absolute atomic E-state index is 0. The number of hydrogen-bond acceptors (Lipinski definition) is 5. The van der Waals surface area contributed by atoms with Crippen molar-refractivity contribution in [3.05, 3.63) is 66.3 Å². The molecule has 8 nitrogen and oxygen atoms in total. The number of hydrogen-bond donors (Lipinski definition) is 1. The molecule has 3 aromatic rings. The van der Waals surface area contributed by atoms with E-state index in [1.54, 1.807) is 41.5 Å². The van der Waals surface area contributed by atoms with Crippen LogP contribution in [0.2, 0.25) is 0 Å². The monoisotopic (exact) mass is 522 g/mol. The van der Waals surface area contributed by atoms with Gasteiger partial charge in [-0.15, -0.1) is 24.0 Å². The highest BCUT2D eigenvalue weighted by Gasteiger charge is 2.19. The number of aromatic nitrogens is 4. The van der Waals surface area contributed by atoms with Crippen LogP contribution in [-0.4, -0.2) is 56.6 Å². The molecule has 0 bridgehead atoms. The van der Waals surface area contributed by atoms with E-state index in [9.17, 15) is 4.39 Å². The van der Waals surface area contributed by atoms with E-state index >= 15 is 0 Å². The number of aryl methyl sites for hydroxylation is 1. The predicted molar refractivity (Wildman–Crippen MR) is 125 cm³/mol. The highest BCUT2D eigenvalue weighted by Crippen LogP contribution is 2.17. The number of aliphatic imine (C=N–C) groups is 1. The molecule has 1 aliphatic heterocycles. The molecule has 0 amide bonds. The quantitative estimate of drug-likeness (QED) is 0.322. The number of imidazole rings is 1. The predicted octanol–water partition coefficient (Wildman–Crippen LogP) is 2.36. The molecule has 10 heteroatoms.